The second-order valence-electron chi connectivity index (χ2n) is 10.7. The largest absolute Gasteiger partial charge is 0.480 e. The topological polar surface area (TPSA) is 113 Å². The number of carbonyl (C=O) groups is 1. The van der Waals surface area contributed by atoms with E-state index in [9.17, 15) is 9.90 Å². The van der Waals surface area contributed by atoms with E-state index in [1.54, 1.807) is 7.11 Å². The molecule has 0 spiro atoms. The van der Waals surface area contributed by atoms with Crippen molar-refractivity contribution in [3.63, 3.8) is 0 Å². The Hall–Kier alpha value is -3.30. The Morgan fingerprint density at radius 3 is 2.90 bits per heavy atom. The molecule has 0 unspecified atom stereocenters. The summed E-state index contributed by atoms with van der Waals surface area (Å²) in [4.78, 5) is 28.1. The van der Waals surface area contributed by atoms with Gasteiger partial charge in [-0.1, -0.05) is 18.2 Å². The minimum atomic E-state index is -0.885. The SMILES string of the molecule is COCCN(CCCCc1nc2c(cc1C1CC1)CCCN2)CC[C@H](Nc1ncnc2ccccc12)C(=O)O. The zero-order valence-corrected chi connectivity index (χ0v) is 22.9. The van der Waals surface area contributed by atoms with Crippen molar-refractivity contribution < 1.29 is 14.6 Å². The predicted octanol–water partition coefficient (Wildman–Crippen LogP) is 4.49. The molecule has 39 heavy (non-hydrogen) atoms. The number of rotatable bonds is 15. The van der Waals surface area contributed by atoms with Crippen molar-refractivity contribution in [1.29, 1.82) is 0 Å². The van der Waals surface area contributed by atoms with Crippen molar-refractivity contribution in [1.82, 2.24) is 19.9 Å². The Morgan fingerprint density at radius 1 is 1.21 bits per heavy atom. The first-order valence-corrected chi connectivity index (χ1v) is 14.3. The predicted molar refractivity (Wildman–Crippen MR) is 153 cm³/mol. The van der Waals surface area contributed by atoms with Crippen LogP contribution in [-0.2, 0) is 22.4 Å². The second kappa shape index (κ2) is 13.2. The van der Waals surface area contributed by atoms with Crippen molar-refractivity contribution in [3.05, 3.63) is 53.5 Å². The van der Waals surface area contributed by atoms with Crippen LogP contribution in [-0.4, -0.2) is 76.9 Å². The number of aromatic nitrogens is 3. The Labute approximate surface area is 230 Å². The monoisotopic (exact) mass is 532 g/mol. The van der Waals surface area contributed by atoms with Crippen LogP contribution in [0.3, 0.4) is 0 Å². The molecule has 1 aliphatic heterocycles. The normalized spacial score (nSPS) is 15.6. The average molecular weight is 533 g/mol. The van der Waals surface area contributed by atoms with Gasteiger partial charge in [0.25, 0.3) is 0 Å². The fraction of sp³-hybridized carbons (Fsp3) is 0.533. The molecule has 1 aromatic carbocycles. The molecule has 9 heteroatoms. The van der Waals surface area contributed by atoms with Crippen LogP contribution in [0, 0.1) is 0 Å². The molecular formula is C30H40N6O3. The molecule has 5 rings (SSSR count). The van der Waals surface area contributed by atoms with Crippen LogP contribution < -0.4 is 10.6 Å². The van der Waals surface area contributed by atoms with Gasteiger partial charge in [-0.3, -0.25) is 0 Å². The number of hydrogen-bond donors (Lipinski definition) is 3. The molecule has 3 aromatic rings. The lowest BCUT2D eigenvalue weighted by Gasteiger charge is -2.24. The van der Waals surface area contributed by atoms with Gasteiger partial charge in [-0.25, -0.2) is 19.7 Å². The van der Waals surface area contributed by atoms with Crippen LogP contribution in [0.15, 0.2) is 36.7 Å². The van der Waals surface area contributed by atoms with Gasteiger partial charge in [0.1, 0.15) is 24.0 Å². The number of pyridine rings is 1. The van der Waals surface area contributed by atoms with Crippen LogP contribution in [0.4, 0.5) is 11.6 Å². The van der Waals surface area contributed by atoms with Crippen LogP contribution in [0.5, 0.6) is 0 Å². The van der Waals surface area contributed by atoms with Crippen molar-refractivity contribution in [3.8, 4) is 0 Å². The zero-order valence-electron chi connectivity index (χ0n) is 22.9. The molecule has 9 nitrogen and oxygen atoms in total. The molecule has 1 atom stereocenters. The van der Waals surface area contributed by atoms with E-state index >= 15 is 0 Å². The van der Waals surface area contributed by atoms with E-state index in [-0.39, 0.29) is 0 Å². The molecule has 2 aliphatic rings. The molecule has 3 heterocycles. The summed E-state index contributed by atoms with van der Waals surface area (Å²) in [5, 5.41) is 17.4. The number of carboxylic acid groups (broad SMARTS) is 1. The maximum atomic E-state index is 12.1. The first kappa shape index (κ1) is 27.3. The van der Waals surface area contributed by atoms with E-state index in [4.69, 9.17) is 9.72 Å². The van der Waals surface area contributed by atoms with E-state index in [2.05, 4.69) is 31.6 Å². The molecule has 3 N–H and O–H groups in total. The summed E-state index contributed by atoms with van der Waals surface area (Å²) in [6.07, 6.45) is 9.89. The van der Waals surface area contributed by atoms with Gasteiger partial charge in [0.05, 0.1) is 12.1 Å². The average Bonchev–Trinajstić information content (AvgIpc) is 3.80. The summed E-state index contributed by atoms with van der Waals surface area (Å²) in [6.45, 7) is 3.95. The van der Waals surface area contributed by atoms with Crippen LogP contribution in [0.1, 0.15) is 61.3 Å². The zero-order chi connectivity index (χ0) is 27.0. The Morgan fingerprint density at radius 2 is 2.08 bits per heavy atom. The number of methoxy groups -OCH3 is 1. The van der Waals surface area contributed by atoms with E-state index in [1.807, 2.05) is 24.3 Å². The van der Waals surface area contributed by atoms with Gasteiger partial charge in [0, 0.05) is 37.8 Å². The van der Waals surface area contributed by atoms with E-state index in [1.165, 1.54) is 42.4 Å². The molecule has 0 radical (unpaired) electrons. The quantitative estimate of drug-likeness (QED) is 0.244. The number of para-hydroxylation sites is 1. The van der Waals surface area contributed by atoms with Crippen molar-refractivity contribution in [2.24, 2.45) is 0 Å². The van der Waals surface area contributed by atoms with Gasteiger partial charge in [-0.15, -0.1) is 0 Å². The molecule has 0 saturated heterocycles. The maximum Gasteiger partial charge on any atom is 0.326 e. The van der Waals surface area contributed by atoms with Crippen LogP contribution in [0.25, 0.3) is 10.9 Å². The minimum absolute atomic E-state index is 0.460. The first-order valence-electron chi connectivity index (χ1n) is 14.3. The Balaban J connectivity index is 1.16. The number of ether oxygens (including phenoxy) is 1. The number of benzene rings is 1. The molecule has 208 valence electrons. The number of aryl methyl sites for hydroxylation is 2. The number of nitrogens with zero attached hydrogens (tertiary/aromatic N) is 4. The fourth-order valence-electron chi connectivity index (χ4n) is 5.43. The molecule has 0 bridgehead atoms. The van der Waals surface area contributed by atoms with Crippen molar-refractivity contribution in [2.45, 2.75) is 63.3 Å². The highest BCUT2D eigenvalue weighted by Gasteiger charge is 2.28. The summed E-state index contributed by atoms with van der Waals surface area (Å²) >= 11 is 0. The number of carboxylic acids is 1. The molecule has 2 aromatic heterocycles. The number of anilines is 2. The van der Waals surface area contributed by atoms with Gasteiger partial charge in [0.15, 0.2) is 0 Å². The fourth-order valence-corrected chi connectivity index (χ4v) is 5.43. The van der Waals surface area contributed by atoms with E-state index in [0.29, 0.717) is 31.3 Å². The molecule has 1 saturated carbocycles. The van der Waals surface area contributed by atoms with E-state index in [0.717, 1.165) is 62.0 Å². The Bertz CT molecular complexity index is 1260. The van der Waals surface area contributed by atoms with Crippen LogP contribution >= 0.6 is 0 Å². The number of nitrogens with one attached hydrogen (secondary N) is 2. The molecule has 1 aliphatic carbocycles. The van der Waals surface area contributed by atoms with Gasteiger partial charge in [0.2, 0.25) is 0 Å². The summed E-state index contributed by atoms with van der Waals surface area (Å²) in [6, 6.07) is 9.29. The lowest BCUT2D eigenvalue weighted by atomic mass is 9.98. The summed E-state index contributed by atoms with van der Waals surface area (Å²) in [5.74, 6) is 1.45. The van der Waals surface area contributed by atoms with Gasteiger partial charge in [-0.2, -0.15) is 0 Å². The second-order valence-corrected chi connectivity index (χ2v) is 10.7. The van der Waals surface area contributed by atoms with Crippen molar-refractivity contribution >= 4 is 28.5 Å². The highest BCUT2D eigenvalue weighted by molar-refractivity contribution is 5.90. The highest BCUT2D eigenvalue weighted by atomic mass is 16.5. The summed E-state index contributed by atoms with van der Waals surface area (Å²) in [7, 11) is 1.70. The van der Waals surface area contributed by atoms with E-state index < -0.39 is 12.0 Å². The third kappa shape index (κ3) is 7.22. The van der Waals surface area contributed by atoms with Gasteiger partial charge < -0.3 is 25.4 Å². The third-order valence-electron chi connectivity index (χ3n) is 7.78. The molecule has 0 amide bonds. The number of hydrogen-bond acceptors (Lipinski definition) is 8. The first-order chi connectivity index (χ1) is 19.1. The maximum absolute atomic E-state index is 12.1. The minimum Gasteiger partial charge on any atom is -0.480 e. The Kier molecular flexibility index (Phi) is 9.21. The van der Waals surface area contributed by atoms with Gasteiger partial charge >= 0.3 is 5.97 Å². The molecular weight excluding hydrogens is 492 g/mol. The number of unbranched alkanes of at least 4 members (excludes halogenated alkanes) is 1. The summed E-state index contributed by atoms with van der Waals surface area (Å²) in [5.41, 5.74) is 4.91. The van der Waals surface area contributed by atoms with Crippen LogP contribution in [0.2, 0.25) is 0 Å². The van der Waals surface area contributed by atoms with Gasteiger partial charge in [-0.05, 0) is 87.1 Å². The third-order valence-corrected chi connectivity index (χ3v) is 7.78. The smallest absolute Gasteiger partial charge is 0.326 e. The standard InChI is InChI=1S/C30H40N6O3/c1-39-18-17-36(16-13-27(30(37)38)35-29-23-8-2-3-9-25(23)32-20-33-29)15-5-4-10-26-24(21-11-12-21)19-22-7-6-14-31-28(22)34-26/h2-3,8-9,19-21,27H,4-7,10-18H2,1H3,(H,31,34)(H,37,38)(H,32,33,35)/t27-/m0/s1. The van der Waals surface area contributed by atoms with Crippen molar-refractivity contribution in [2.75, 3.05) is 50.5 Å². The number of fused-ring (bicyclic) bond motifs is 2. The highest BCUT2D eigenvalue weighted by Crippen LogP contribution is 2.43. The number of aliphatic carboxylic acids is 1. The molecule has 1 fully saturated rings. The lowest BCUT2D eigenvalue weighted by molar-refractivity contribution is -0.138. The lowest BCUT2D eigenvalue weighted by Crippen LogP contribution is -2.37. The summed E-state index contributed by atoms with van der Waals surface area (Å²) < 4.78 is 5.34.